The molecule has 1 amide bonds. The number of carbonyl (C=O) groups excluding carboxylic acids is 1. The number of benzene rings is 3. The van der Waals surface area contributed by atoms with Gasteiger partial charge in [0, 0.05) is 43.5 Å². The van der Waals surface area contributed by atoms with Crippen LogP contribution in [0.25, 0.3) is 10.2 Å². The summed E-state index contributed by atoms with van der Waals surface area (Å²) in [4.78, 5) is 22.4. The Morgan fingerprint density at radius 3 is 2.15 bits per heavy atom. The molecule has 0 saturated carbocycles. The molecule has 0 aliphatic carbocycles. The summed E-state index contributed by atoms with van der Waals surface area (Å²) in [6.45, 7) is 5.02. The van der Waals surface area contributed by atoms with Gasteiger partial charge in [0.1, 0.15) is 0 Å². The van der Waals surface area contributed by atoms with Gasteiger partial charge in [0.25, 0.3) is 0 Å². The van der Waals surface area contributed by atoms with E-state index in [0.717, 1.165) is 39.0 Å². The van der Waals surface area contributed by atoms with Gasteiger partial charge in [-0.2, -0.15) is 0 Å². The van der Waals surface area contributed by atoms with Crippen molar-refractivity contribution in [2.24, 2.45) is 0 Å². The Hall–Kier alpha value is -2.89. The first-order valence-electron chi connectivity index (χ1n) is 11.3. The summed E-state index contributed by atoms with van der Waals surface area (Å²) in [5.41, 5.74) is 4.37. The summed E-state index contributed by atoms with van der Waals surface area (Å²) in [5, 5.41) is 1.76. The molecule has 4 nitrogen and oxygen atoms in total. The van der Waals surface area contributed by atoms with Crippen molar-refractivity contribution in [2.75, 3.05) is 31.1 Å². The lowest BCUT2D eigenvalue weighted by atomic mass is 9.88. The van der Waals surface area contributed by atoms with Crippen molar-refractivity contribution in [1.29, 1.82) is 0 Å². The van der Waals surface area contributed by atoms with Gasteiger partial charge in [0.2, 0.25) is 5.91 Å². The summed E-state index contributed by atoms with van der Waals surface area (Å²) in [5.74, 6) is 0.272. The average Bonchev–Trinajstić information content (AvgIpc) is 3.31. The van der Waals surface area contributed by atoms with E-state index in [1.165, 1.54) is 11.1 Å². The number of aryl methyl sites for hydroxylation is 1. The molecule has 2 heterocycles. The molecule has 1 aromatic heterocycles. The molecule has 0 atom stereocenters. The summed E-state index contributed by atoms with van der Waals surface area (Å²) in [7, 11) is 0. The van der Waals surface area contributed by atoms with Gasteiger partial charge in [0.15, 0.2) is 5.13 Å². The van der Waals surface area contributed by atoms with E-state index >= 15 is 0 Å². The van der Waals surface area contributed by atoms with Crippen LogP contribution in [0.15, 0.2) is 72.8 Å². The van der Waals surface area contributed by atoms with Crippen LogP contribution in [0.2, 0.25) is 5.02 Å². The Morgan fingerprint density at radius 1 is 0.939 bits per heavy atom. The molecule has 0 N–H and O–H groups in total. The van der Waals surface area contributed by atoms with Gasteiger partial charge in [-0.15, -0.1) is 0 Å². The van der Waals surface area contributed by atoms with E-state index in [0.29, 0.717) is 19.5 Å². The minimum atomic E-state index is 0.0647. The maximum Gasteiger partial charge on any atom is 0.223 e. The highest BCUT2D eigenvalue weighted by molar-refractivity contribution is 7.22. The average molecular weight is 476 g/mol. The summed E-state index contributed by atoms with van der Waals surface area (Å²) >= 11 is 7.97. The second-order valence-corrected chi connectivity index (χ2v) is 9.88. The van der Waals surface area contributed by atoms with Crippen LogP contribution in [0.1, 0.15) is 29.0 Å². The second-order valence-electron chi connectivity index (χ2n) is 8.46. The molecule has 1 saturated heterocycles. The molecule has 168 valence electrons. The standard InChI is InChI=1S/C27H26ClN3OS/c1-19-23(28)12-13-24-26(19)29-27(33-24)31-16-14-30(15-17-31)25(32)18-22(20-8-4-2-5-9-20)21-10-6-3-7-11-21/h2-13,22H,14-18H2,1H3. The maximum atomic E-state index is 13.3. The minimum Gasteiger partial charge on any atom is -0.345 e. The summed E-state index contributed by atoms with van der Waals surface area (Å²) in [6, 6.07) is 24.6. The quantitative estimate of drug-likeness (QED) is 0.348. The van der Waals surface area contributed by atoms with Crippen LogP contribution in [0.4, 0.5) is 5.13 Å². The number of hydrogen-bond acceptors (Lipinski definition) is 4. The van der Waals surface area contributed by atoms with E-state index < -0.39 is 0 Å². The Morgan fingerprint density at radius 2 is 1.55 bits per heavy atom. The van der Waals surface area contributed by atoms with Crippen molar-refractivity contribution in [3.63, 3.8) is 0 Å². The molecular weight excluding hydrogens is 450 g/mol. The molecule has 5 rings (SSSR count). The van der Waals surface area contributed by atoms with Crippen LogP contribution >= 0.6 is 22.9 Å². The number of halogens is 1. The van der Waals surface area contributed by atoms with Crippen molar-refractivity contribution >= 4 is 44.2 Å². The highest BCUT2D eigenvalue weighted by Gasteiger charge is 2.26. The predicted molar refractivity (Wildman–Crippen MR) is 138 cm³/mol. The molecular formula is C27H26ClN3OS. The lowest BCUT2D eigenvalue weighted by Gasteiger charge is -2.35. The lowest BCUT2D eigenvalue weighted by molar-refractivity contribution is -0.131. The fourth-order valence-corrected chi connectivity index (χ4v) is 5.70. The van der Waals surface area contributed by atoms with Crippen molar-refractivity contribution in [3.05, 3.63) is 94.5 Å². The Balaban J connectivity index is 1.28. The van der Waals surface area contributed by atoms with Gasteiger partial charge in [-0.1, -0.05) is 83.6 Å². The van der Waals surface area contributed by atoms with Gasteiger partial charge >= 0.3 is 0 Å². The number of thiazole rings is 1. The van der Waals surface area contributed by atoms with Gasteiger partial charge in [-0.05, 0) is 35.7 Å². The molecule has 0 unspecified atom stereocenters. The van der Waals surface area contributed by atoms with Crippen LogP contribution in [-0.4, -0.2) is 42.0 Å². The number of carbonyl (C=O) groups is 1. The van der Waals surface area contributed by atoms with E-state index in [1.807, 2.05) is 60.4 Å². The van der Waals surface area contributed by atoms with Crippen molar-refractivity contribution in [3.8, 4) is 0 Å². The number of rotatable bonds is 5. The largest absolute Gasteiger partial charge is 0.345 e. The predicted octanol–water partition coefficient (Wildman–Crippen LogP) is 6.13. The molecule has 4 aromatic rings. The zero-order valence-corrected chi connectivity index (χ0v) is 20.1. The van der Waals surface area contributed by atoms with E-state index in [4.69, 9.17) is 16.6 Å². The third-order valence-electron chi connectivity index (χ3n) is 6.42. The number of piperazine rings is 1. The number of amides is 1. The highest BCUT2D eigenvalue weighted by Crippen LogP contribution is 2.34. The summed E-state index contributed by atoms with van der Waals surface area (Å²) in [6.07, 6.45) is 0.479. The molecule has 33 heavy (non-hydrogen) atoms. The molecule has 0 bridgehead atoms. The number of nitrogens with zero attached hydrogens (tertiary/aromatic N) is 3. The van der Waals surface area contributed by atoms with Gasteiger partial charge in [-0.3, -0.25) is 4.79 Å². The normalized spacial score (nSPS) is 14.3. The number of aromatic nitrogens is 1. The number of anilines is 1. The van der Waals surface area contributed by atoms with E-state index in [1.54, 1.807) is 11.3 Å². The smallest absolute Gasteiger partial charge is 0.223 e. The second kappa shape index (κ2) is 9.54. The van der Waals surface area contributed by atoms with Crippen LogP contribution in [-0.2, 0) is 4.79 Å². The van der Waals surface area contributed by atoms with E-state index in [2.05, 4.69) is 29.2 Å². The zero-order chi connectivity index (χ0) is 22.8. The van der Waals surface area contributed by atoms with Crippen LogP contribution < -0.4 is 4.90 Å². The van der Waals surface area contributed by atoms with E-state index in [-0.39, 0.29) is 11.8 Å². The molecule has 6 heteroatoms. The van der Waals surface area contributed by atoms with Crippen LogP contribution in [0.5, 0.6) is 0 Å². The molecule has 3 aromatic carbocycles. The zero-order valence-electron chi connectivity index (χ0n) is 18.6. The van der Waals surface area contributed by atoms with Crippen LogP contribution in [0, 0.1) is 6.92 Å². The minimum absolute atomic E-state index is 0.0647. The van der Waals surface area contributed by atoms with Gasteiger partial charge in [0.05, 0.1) is 10.2 Å². The molecule has 1 fully saturated rings. The lowest BCUT2D eigenvalue weighted by Crippen LogP contribution is -2.49. The van der Waals surface area contributed by atoms with E-state index in [9.17, 15) is 4.79 Å². The fourth-order valence-electron chi connectivity index (χ4n) is 4.47. The third-order valence-corrected chi connectivity index (χ3v) is 7.91. The monoisotopic (exact) mass is 475 g/mol. The Kier molecular flexibility index (Phi) is 6.34. The van der Waals surface area contributed by atoms with Crippen LogP contribution in [0.3, 0.4) is 0 Å². The van der Waals surface area contributed by atoms with Gasteiger partial charge < -0.3 is 9.80 Å². The van der Waals surface area contributed by atoms with Crippen molar-refractivity contribution in [2.45, 2.75) is 19.3 Å². The molecule has 1 aliphatic heterocycles. The maximum absolute atomic E-state index is 13.3. The molecule has 0 radical (unpaired) electrons. The first-order valence-corrected chi connectivity index (χ1v) is 12.5. The number of hydrogen-bond donors (Lipinski definition) is 0. The summed E-state index contributed by atoms with van der Waals surface area (Å²) < 4.78 is 1.15. The Bertz CT molecular complexity index is 1210. The first-order chi connectivity index (χ1) is 16.1. The SMILES string of the molecule is Cc1c(Cl)ccc2sc(N3CCN(C(=O)CC(c4ccccc4)c4ccccc4)CC3)nc12. The number of fused-ring (bicyclic) bond motifs is 1. The highest BCUT2D eigenvalue weighted by atomic mass is 35.5. The molecule has 0 spiro atoms. The van der Waals surface area contributed by atoms with Crippen molar-refractivity contribution in [1.82, 2.24) is 9.88 Å². The fraction of sp³-hybridized carbons (Fsp3) is 0.259. The topological polar surface area (TPSA) is 36.4 Å². The Labute approximate surface area is 203 Å². The first kappa shape index (κ1) is 21.9. The molecule has 1 aliphatic rings. The van der Waals surface area contributed by atoms with Gasteiger partial charge in [-0.25, -0.2) is 4.98 Å². The van der Waals surface area contributed by atoms with Crippen molar-refractivity contribution < 1.29 is 4.79 Å². The third kappa shape index (κ3) is 4.61.